The van der Waals surface area contributed by atoms with E-state index in [1.807, 2.05) is 18.2 Å². The third-order valence-corrected chi connectivity index (χ3v) is 4.38. The molecule has 1 aromatic rings. The average Bonchev–Trinajstić information content (AvgIpc) is 2.46. The fraction of sp³-hybridized carbons (Fsp3) is 0.533. The van der Waals surface area contributed by atoms with E-state index >= 15 is 0 Å². The van der Waals surface area contributed by atoms with Gasteiger partial charge in [0.15, 0.2) is 0 Å². The fourth-order valence-electron chi connectivity index (χ4n) is 2.66. The van der Waals surface area contributed by atoms with Crippen LogP contribution in [0.2, 0.25) is 0 Å². The second-order valence-electron chi connectivity index (χ2n) is 5.32. The molecule has 1 aliphatic rings. The van der Waals surface area contributed by atoms with E-state index in [2.05, 4.69) is 21.2 Å². The largest absolute Gasteiger partial charge is 0.497 e. The summed E-state index contributed by atoms with van der Waals surface area (Å²) in [6, 6.07) is 5.57. The number of carbonyl (C=O) groups is 1. The van der Waals surface area contributed by atoms with Crippen LogP contribution in [0.5, 0.6) is 5.75 Å². The number of ether oxygens (including phenoxy) is 1. The SMILES string of the molecule is COc1cc(Br)cc(NC(=O)C2CCC(CN)CC2)c1. The lowest BCUT2D eigenvalue weighted by Gasteiger charge is -2.26. The standard InChI is InChI=1S/C15H21BrN2O2/c1-20-14-7-12(16)6-13(8-14)18-15(19)11-4-2-10(9-17)3-5-11/h6-8,10-11H,2-5,9,17H2,1H3,(H,18,19). The molecule has 0 atom stereocenters. The van der Waals surface area contributed by atoms with Crippen LogP contribution in [0.1, 0.15) is 25.7 Å². The summed E-state index contributed by atoms with van der Waals surface area (Å²) in [6.45, 7) is 0.733. The first-order chi connectivity index (χ1) is 9.62. The van der Waals surface area contributed by atoms with Crippen molar-refractivity contribution in [2.45, 2.75) is 25.7 Å². The van der Waals surface area contributed by atoms with Crippen molar-refractivity contribution in [3.63, 3.8) is 0 Å². The zero-order valence-electron chi connectivity index (χ0n) is 11.7. The van der Waals surface area contributed by atoms with Gasteiger partial charge >= 0.3 is 0 Å². The molecule has 5 heteroatoms. The molecule has 1 aliphatic carbocycles. The van der Waals surface area contributed by atoms with Crippen molar-refractivity contribution in [2.75, 3.05) is 19.0 Å². The molecule has 1 amide bonds. The molecule has 1 aromatic carbocycles. The van der Waals surface area contributed by atoms with Crippen LogP contribution in [0.4, 0.5) is 5.69 Å². The van der Waals surface area contributed by atoms with Gasteiger partial charge in [0.05, 0.1) is 7.11 Å². The Morgan fingerprint density at radius 2 is 2.05 bits per heavy atom. The Morgan fingerprint density at radius 3 is 2.65 bits per heavy atom. The summed E-state index contributed by atoms with van der Waals surface area (Å²) >= 11 is 3.41. The molecule has 1 saturated carbocycles. The monoisotopic (exact) mass is 340 g/mol. The molecule has 1 fully saturated rings. The van der Waals surface area contributed by atoms with E-state index in [-0.39, 0.29) is 11.8 Å². The maximum absolute atomic E-state index is 12.3. The van der Waals surface area contributed by atoms with Crippen LogP contribution in [0.15, 0.2) is 22.7 Å². The van der Waals surface area contributed by atoms with Gasteiger partial charge in [0.25, 0.3) is 0 Å². The highest BCUT2D eigenvalue weighted by Crippen LogP contribution is 2.30. The Morgan fingerprint density at radius 1 is 1.35 bits per heavy atom. The van der Waals surface area contributed by atoms with Gasteiger partial charge in [-0.3, -0.25) is 4.79 Å². The minimum Gasteiger partial charge on any atom is -0.497 e. The molecule has 0 aromatic heterocycles. The van der Waals surface area contributed by atoms with Crippen molar-refractivity contribution in [1.82, 2.24) is 0 Å². The molecule has 0 aliphatic heterocycles. The molecule has 4 nitrogen and oxygen atoms in total. The van der Waals surface area contributed by atoms with E-state index < -0.39 is 0 Å². The molecule has 0 heterocycles. The third-order valence-electron chi connectivity index (χ3n) is 3.93. The highest BCUT2D eigenvalue weighted by molar-refractivity contribution is 9.10. The van der Waals surface area contributed by atoms with Crippen molar-refractivity contribution in [2.24, 2.45) is 17.6 Å². The summed E-state index contributed by atoms with van der Waals surface area (Å²) in [4.78, 5) is 12.3. The quantitative estimate of drug-likeness (QED) is 0.884. The summed E-state index contributed by atoms with van der Waals surface area (Å²) in [5.41, 5.74) is 6.44. The highest BCUT2D eigenvalue weighted by Gasteiger charge is 2.25. The van der Waals surface area contributed by atoms with Gasteiger partial charge < -0.3 is 15.8 Å². The first-order valence-electron chi connectivity index (χ1n) is 6.98. The van der Waals surface area contributed by atoms with E-state index in [1.54, 1.807) is 7.11 Å². The number of halogens is 1. The molecular weight excluding hydrogens is 320 g/mol. The number of rotatable bonds is 4. The van der Waals surface area contributed by atoms with Crippen molar-refractivity contribution in [1.29, 1.82) is 0 Å². The molecule has 2 rings (SSSR count). The minimum atomic E-state index is 0.0978. The fourth-order valence-corrected chi connectivity index (χ4v) is 3.13. The summed E-state index contributed by atoms with van der Waals surface area (Å²) in [5.74, 6) is 1.51. The van der Waals surface area contributed by atoms with Gasteiger partial charge in [-0.05, 0) is 50.3 Å². The lowest BCUT2D eigenvalue weighted by Crippen LogP contribution is -2.29. The van der Waals surface area contributed by atoms with Gasteiger partial charge in [-0.1, -0.05) is 15.9 Å². The van der Waals surface area contributed by atoms with E-state index in [9.17, 15) is 4.79 Å². The second-order valence-corrected chi connectivity index (χ2v) is 6.24. The molecular formula is C15H21BrN2O2. The topological polar surface area (TPSA) is 64.3 Å². The Hall–Kier alpha value is -1.07. The highest BCUT2D eigenvalue weighted by atomic mass is 79.9. The zero-order chi connectivity index (χ0) is 14.5. The predicted octanol–water partition coefficient (Wildman–Crippen LogP) is 3.16. The van der Waals surface area contributed by atoms with Gasteiger partial charge in [0.2, 0.25) is 5.91 Å². The first-order valence-corrected chi connectivity index (χ1v) is 7.77. The van der Waals surface area contributed by atoms with Crippen molar-refractivity contribution in [3.05, 3.63) is 22.7 Å². The molecule has 110 valence electrons. The number of nitrogens with one attached hydrogen (secondary N) is 1. The predicted molar refractivity (Wildman–Crippen MR) is 83.8 cm³/mol. The van der Waals surface area contributed by atoms with Crippen LogP contribution in [0.25, 0.3) is 0 Å². The van der Waals surface area contributed by atoms with Crippen LogP contribution in [0.3, 0.4) is 0 Å². The Kier molecular flexibility index (Phi) is 5.43. The molecule has 0 spiro atoms. The van der Waals surface area contributed by atoms with Crippen molar-refractivity contribution >= 4 is 27.5 Å². The van der Waals surface area contributed by atoms with Crippen LogP contribution in [0, 0.1) is 11.8 Å². The number of nitrogens with two attached hydrogens (primary N) is 1. The molecule has 3 N–H and O–H groups in total. The first kappa shape index (κ1) is 15.3. The number of methoxy groups -OCH3 is 1. The Bertz CT molecular complexity index is 471. The summed E-state index contributed by atoms with van der Waals surface area (Å²) in [7, 11) is 1.61. The van der Waals surface area contributed by atoms with E-state index in [4.69, 9.17) is 10.5 Å². The van der Waals surface area contributed by atoms with Crippen LogP contribution >= 0.6 is 15.9 Å². The van der Waals surface area contributed by atoms with Crippen LogP contribution in [-0.2, 0) is 4.79 Å². The van der Waals surface area contributed by atoms with E-state index in [0.29, 0.717) is 5.92 Å². The normalized spacial score (nSPS) is 22.4. The Labute approximate surface area is 128 Å². The smallest absolute Gasteiger partial charge is 0.227 e. The number of amides is 1. The Balaban J connectivity index is 1.96. The summed E-state index contributed by atoms with van der Waals surface area (Å²) < 4.78 is 6.08. The van der Waals surface area contributed by atoms with Gasteiger partial charge in [-0.15, -0.1) is 0 Å². The maximum Gasteiger partial charge on any atom is 0.227 e. The zero-order valence-corrected chi connectivity index (χ0v) is 13.3. The van der Waals surface area contributed by atoms with Crippen molar-refractivity contribution in [3.8, 4) is 5.75 Å². The van der Waals surface area contributed by atoms with Gasteiger partial charge in [0.1, 0.15) is 5.75 Å². The van der Waals surface area contributed by atoms with Gasteiger partial charge in [-0.25, -0.2) is 0 Å². The molecule has 0 radical (unpaired) electrons. The van der Waals surface area contributed by atoms with E-state index in [0.717, 1.165) is 48.1 Å². The average molecular weight is 341 g/mol. The van der Waals surface area contributed by atoms with Crippen LogP contribution in [-0.4, -0.2) is 19.6 Å². The lowest BCUT2D eigenvalue weighted by molar-refractivity contribution is -0.121. The second kappa shape index (κ2) is 7.09. The number of hydrogen-bond donors (Lipinski definition) is 2. The summed E-state index contributed by atoms with van der Waals surface area (Å²) in [5, 5.41) is 2.98. The molecule has 0 bridgehead atoms. The van der Waals surface area contributed by atoms with Gasteiger partial charge in [0, 0.05) is 22.1 Å². The summed E-state index contributed by atoms with van der Waals surface area (Å²) in [6.07, 6.45) is 3.96. The van der Waals surface area contributed by atoms with Gasteiger partial charge in [-0.2, -0.15) is 0 Å². The maximum atomic E-state index is 12.3. The minimum absolute atomic E-state index is 0.0978. The number of anilines is 1. The molecule has 0 saturated heterocycles. The number of carbonyl (C=O) groups excluding carboxylic acids is 1. The van der Waals surface area contributed by atoms with Crippen molar-refractivity contribution < 1.29 is 9.53 Å². The number of hydrogen-bond acceptors (Lipinski definition) is 3. The van der Waals surface area contributed by atoms with E-state index in [1.165, 1.54) is 0 Å². The lowest BCUT2D eigenvalue weighted by atomic mass is 9.81. The van der Waals surface area contributed by atoms with Crippen LogP contribution < -0.4 is 15.8 Å². The third kappa shape index (κ3) is 3.96. The number of benzene rings is 1. The molecule has 20 heavy (non-hydrogen) atoms. The molecule has 0 unspecified atom stereocenters.